The average molecular weight is 242 g/mol. The molecule has 0 saturated heterocycles. The summed E-state index contributed by atoms with van der Waals surface area (Å²) in [7, 11) is 0. The maximum atomic E-state index is 9.68. The number of hydrogen-bond acceptors (Lipinski definition) is 1. The van der Waals surface area contributed by atoms with Gasteiger partial charge in [-0.25, -0.2) is 0 Å². The predicted octanol–water partition coefficient (Wildman–Crippen LogP) is 5.17. The molecule has 0 aromatic rings. The highest BCUT2D eigenvalue weighted by Crippen LogP contribution is 2.22. The van der Waals surface area contributed by atoms with Crippen molar-refractivity contribution in [3.8, 4) is 0 Å². The summed E-state index contributed by atoms with van der Waals surface area (Å²) >= 11 is 0. The van der Waals surface area contributed by atoms with Gasteiger partial charge in [0.05, 0.1) is 6.10 Å². The molecule has 1 N–H and O–H groups in total. The largest absolute Gasteiger partial charge is 0.393 e. The van der Waals surface area contributed by atoms with Crippen LogP contribution in [0.1, 0.15) is 85.5 Å². The van der Waals surface area contributed by atoms with Crippen molar-refractivity contribution in [2.45, 2.75) is 91.6 Å². The van der Waals surface area contributed by atoms with Crippen molar-refractivity contribution < 1.29 is 5.11 Å². The van der Waals surface area contributed by atoms with E-state index in [1.165, 1.54) is 57.8 Å². The summed E-state index contributed by atoms with van der Waals surface area (Å²) in [6.07, 6.45) is 12.1. The third-order valence-electron chi connectivity index (χ3n) is 3.87. The zero-order chi connectivity index (χ0) is 13.1. The molecule has 0 radical (unpaired) electrons. The summed E-state index contributed by atoms with van der Waals surface area (Å²) in [5.74, 6) is 1.11. The highest BCUT2D eigenvalue weighted by Gasteiger charge is 2.17. The summed E-state index contributed by atoms with van der Waals surface area (Å²) in [6.45, 7) is 8.65. The molecule has 1 heteroatoms. The van der Waals surface area contributed by atoms with Gasteiger partial charge in [0.1, 0.15) is 0 Å². The van der Waals surface area contributed by atoms with Crippen LogP contribution < -0.4 is 0 Å². The molecule has 0 aliphatic heterocycles. The van der Waals surface area contributed by atoms with E-state index in [1.807, 2.05) is 6.92 Å². The Bertz CT molecular complexity index is 144. The van der Waals surface area contributed by atoms with Crippen molar-refractivity contribution in [1.29, 1.82) is 0 Å². The maximum absolute atomic E-state index is 9.68. The first-order valence-electron chi connectivity index (χ1n) is 7.77. The van der Waals surface area contributed by atoms with Gasteiger partial charge < -0.3 is 5.11 Å². The molecule has 0 aliphatic rings. The third kappa shape index (κ3) is 9.64. The van der Waals surface area contributed by atoms with Crippen molar-refractivity contribution in [1.82, 2.24) is 0 Å². The molecule has 0 aromatic heterocycles. The lowest BCUT2D eigenvalue weighted by Crippen LogP contribution is -2.22. The Morgan fingerprint density at radius 2 is 1.24 bits per heavy atom. The molecule has 17 heavy (non-hydrogen) atoms. The van der Waals surface area contributed by atoms with Crippen LogP contribution in [0.2, 0.25) is 0 Å². The lowest BCUT2D eigenvalue weighted by atomic mass is 9.86. The fraction of sp³-hybridized carbons (Fsp3) is 1.00. The van der Waals surface area contributed by atoms with Gasteiger partial charge in [0.25, 0.3) is 0 Å². The van der Waals surface area contributed by atoms with E-state index in [-0.39, 0.29) is 6.10 Å². The van der Waals surface area contributed by atoms with Gasteiger partial charge in [-0.2, -0.15) is 0 Å². The van der Waals surface area contributed by atoms with E-state index >= 15 is 0 Å². The van der Waals surface area contributed by atoms with E-state index in [4.69, 9.17) is 0 Å². The summed E-state index contributed by atoms with van der Waals surface area (Å²) in [5.41, 5.74) is 0. The highest BCUT2D eigenvalue weighted by molar-refractivity contribution is 4.68. The van der Waals surface area contributed by atoms with Gasteiger partial charge in [0.15, 0.2) is 0 Å². The van der Waals surface area contributed by atoms with Gasteiger partial charge in [-0.1, -0.05) is 72.1 Å². The lowest BCUT2D eigenvalue weighted by molar-refractivity contribution is 0.0900. The molecular formula is C16H34O. The molecule has 0 amide bonds. The second-order valence-electron chi connectivity index (χ2n) is 5.91. The Kier molecular flexibility index (Phi) is 11.0. The molecule has 0 saturated carbocycles. The summed E-state index contributed by atoms with van der Waals surface area (Å²) in [6, 6.07) is 0. The molecular weight excluding hydrogens is 208 g/mol. The average Bonchev–Trinajstić information content (AvgIpc) is 2.26. The zero-order valence-corrected chi connectivity index (χ0v) is 12.5. The first-order valence-corrected chi connectivity index (χ1v) is 7.77. The lowest BCUT2D eigenvalue weighted by Gasteiger charge is -2.23. The minimum atomic E-state index is -0.139. The Morgan fingerprint density at radius 3 is 1.65 bits per heavy atom. The molecule has 104 valence electrons. The quantitative estimate of drug-likeness (QED) is 0.496. The van der Waals surface area contributed by atoms with Crippen LogP contribution in [0, 0.1) is 11.8 Å². The Morgan fingerprint density at radius 1 is 0.765 bits per heavy atom. The summed E-state index contributed by atoms with van der Waals surface area (Å²) in [5, 5.41) is 9.68. The van der Waals surface area contributed by atoms with Crippen LogP contribution >= 0.6 is 0 Å². The molecule has 0 bridgehead atoms. The van der Waals surface area contributed by atoms with Gasteiger partial charge >= 0.3 is 0 Å². The van der Waals surface area contributed by atoms with Crippen LogP contribution in [-0.2, 0) is 0 Å². The SMILES string of the molecule is CCCCCCCCCCC(C(C)C)C(C)O. The van der Waals surface area contributed by atoms with Crippen LogP contribution in [0.5, 0.6) is 0 Å². The first-order chi connectivity index (χ1) is 8.09. The third-order valence-corrected chi connectivity index (χ3v) is 3.87. The summed E-state index contributed by atoms with van der Waals surface area (Å²) in [4.78, 5) is 0. The van der Waals surface area contributed by atoms with Gasteiger partial charge in [0, 0.05) is 0 Å². The van der Waals surface area contributed by atoms with E-state index in [0.29, 0.717) is 11.8 Å². The van der Waals surface area contributed by atoms with Crippen molar-refractivity contribution >= 4 is 0 Å². The van der Waals surface area contributed by atoms with Crippen molar-refractivity contribution in [3.05, 3.63) is 0 Å². The molecule has 0 spiro atoms. The van der Waals surface area contributed by atoms with Crippen molar-refractivity contribution in [3.63, 3.8) is 0 Å². The van der Waals surface area contributed by atoms with E-state index in [0.717, 1.165) is 0 Å². The highest BCUT2D eigenvalue weighted by atomic mass is 16.3. The van der Waals surface area contributed by atoms with Crippen LogP contribution in [0.4, 0.5) is 0 Å². The monoisotopic (exact) mass is 242 g/mol. The van der Waals surface area contributed by atoms with Gasteiger partial charge in [-0.3, -0.25) is 0 Å². The first kappa shape index (κ1) is 17.0. The minimum Gasteiger partial charge on any atom is -0.393 e. The van der Waals surface area contributed by atoms with Crippen molar-refractivity contribution in [2.24, 2.45) is 11.8 Å². The van der Waals surface area contributed by atoms with Gasteiger partial charge in [-0.15, -0.1) is 0 Å². The Balaban J connectivity index is 3.37. The molecule has 2 atom stereocenters. The molecule has 0 aromatic carbocycles. The van der Waals surface area contributed by atoms with Crippen LogP contribution in [0.25, 0.3) is 0 Å². The summed E-state index contributed by atoms with van der Waals surface area (Å²) < 4.78 is 0. The maximum Gasteiger partial charge on any atom is 0.0542 e. The minimum absolute atomic E-state index is 0.139. The van der Waals surface area contributed by atoms with E-state index < -0.39 is 0 Å². The number of rotatable bonds is 11. The van der Waals surface area contributed by atoms with Crippen molar-refractivity contribution in [2.75, 3.05) is 0 Å². The normalized spacial score (nSPS) is 15.2. The molecule has 0 fully saturated rings. The number of unbranched alkanes of at least 4 members (excludes halogenated alkanes) is 7. The smallest absolute Gasteiger partial charge is 0.0542 e. The Labute approximate surface area is 109 Å². The van der Waals surface area contributed by atoms with Crippen LogP contribution in [0.15, 0.2) is 0 Å². The van der Waals surface area contributed by atoms with E-state index in [2.05, 4.69) is 20.8 Å². The standard InChI is InChI=1S/C16H34O/c1-5-6-7-8-9-10-11-12-13-16(14(2)3)15(4)17/h14-17H,5-13H2,1-4H3. The van der Waals surface area contributed by atoms with Gasteiger partial charge in [0.2, 0.25) is 0 Å². The number of hydrogen-bond donors (Lipinski definition) is 1. The number of aliphatic hydroxyl groups excluding tert-OH is 1. The molecule has 2 unspecified atom stereocenters. The van der Waals surface area contributed by atoms with Crippen LogP contribution in [0.3, 0.4) is 0 Å². The Hall–Kier alpha value is -0.0400. The number of aliphatic hydroxyl groups is 1. The molecule has 1 nitrogen and oxygen atoms in total. The van der Waals surface area contributed by atoms with Gasteiger partial charge in [-0.05, 0) is 25.2 Å². The fourth-order valence-electron chi connectivity index (χ4n) is 2.65. The van der Waals surface area contributed by atoms with E-state index in [1.54, 1.807) is 0 Å². The molecule has 0 heterocycles. The predicted molar refractivity (Wildman–Crippen MR) is 77.2 cm³/mol. The molecule has 0 rings (SSSR count). The van der Waals surface area contributed by atoms with Crippen LogP contribution in [-0.4, -0.2) is 11.2 Å². The zero-order valence-electron chi connectivity index (χ0n) is 12.5. The molecule has 0 aliphatic carbocycles. The topological polar surface area (TPSA) is 20.2 Å². The fourth-order valence-corrected chi connectivity index (χ4v) is 2.65. The second kappa shape index (κ2) is 11.1. The second-order valence-corrected chi connectivity index (χ2v) is 5.91. The van der Waals surface area contributed by atoms with E-state index in [9.17, 15) is 5.11 Å².